The van der Waals surface area contributed by atoms with Gasteiger partial charge >= 0.3 is 5.97 Å². The van der Waals surface area contributed by atoms with Crippen LogP contribution in [-0.4, -0.2) is 61.9 Å². The number of benzene rings is 1. The molecule has 0 bridgehead atoms. The monoisotopic (exact) mass is 312 g/mol. The number of piperidine rings is 1. The van der Waals surface area contributed by atoms with Crippen LogP contribution in [-0.2, 0) is 10.0 Å². The van der Waals surface area contributed by atoms with Crippen LogP contribution in [0, 0.1) is 0 Å². The summed E-state index contributed by atoms with van der Waals surface area (Å²) in [5.41, 5.74) is 0.0836. The Morgan fingerprint density at radius 2 is 1.71 bits per heavy atom. The third-order valence-electron chi connectivity index (χ3n) is 3.89. The zero-order chi connectivity index (χ0) is 15.6. The van der Waals surface area contributed by atoms with Crippen molar-refractivity contribution in [1.29, 1.82) is 0 Å². The summed E-state index contributed by atoms with van der Waals surface area (Å²) in [4.78, 5) is 13.1. The molecule has 1 fully saturated rings. The molecule has 1 saturated heterocycles. The van der Waals surface area contributed by atoms with E-state index < -0.39 is 16.0 Å². The SMILES string of the molecule is CN(C)C1CCN(S(=O)(=O)c2ccc(C(=O)O)cc2)CC1. The maximum absolute atomic E-state index is 12.5. The summed E-state index contributed by atoms with van der Waals surface area (Å²) in [7, 11) is 0.467. The molecule has 7 heteroatoms. The Morgan fingerprint density at radius 1 is 1.19 bits per heavy atom. The van der Waals surface area contributed by atoms with Gasteiger partial charge in [0.25, 0.3) is 0 Å². The van der Waals surface area contributed by atoms with Gasteiger partial charge in [0.1, 0.15) is 0 Å². The number of sulfonamides is 1. The van der Waals surface area contributed by atoms with E-state index in [1.807, 2.05) is 14.1 Å². The molecule has 1 aliphatic heterocycles. The fraction of sp³-hybridized carbons (Fsp3) is 0.500. The van der Waals surface area contributed by atoms with Gasteiger partial charge in [0.05, 0.1) is 10.5 Å². The van der Waals surface area contributed by atoms with E-state index in [9.17, 15) is 13.2 Å². The molecule has 1 aromatic carbocycles. The first-order chi connectivity index (χ1) is 9.82. The minimum absolute atomic E-state index is 0.0836. The van der Waals surface area contributed by atoms with Crippen molar-refractivity contribution in [2.24, 2.45) is 0 Å². The van der Waals surface area contributed by atoms with Gasteiger partial charge in [0.2, 0.25) is 10.0 Å². The van der Waals surface area contributed by atoms with E-state index in [2.05, 4.69) is 4.90 Å². The minimum Gasteiger partial charge on any atom is -0.478 e. The number of carboxylic acids is 1. The average Bonchev–Trinajstić information content (AvgIpc) is 2.47. The quantitative estimate of drug-likeness (QED) is 0.901. The van der Waals surface area contributed by atoms with Crippen molar-refractivity contribution in [2.45, 2.75) is 23.8 Å². The third-order valence-corrected chi connectivity index (χ3v) is 5.81. The van der Waals surface area contributed by atoms with Crippen LogP contribution >= 0.6 is 0 Å². The van der Waals surface area contributed by atoms with Crippen LogP contribution in [0.5, 0.6) is 0 Å². The predicted molar refractivity (Wildman–Crippen MR) is 78.9 cm³/mol. The normalized spacial score (nSPS) is 18.0. The van der Waals surface area contributed by atoms with Crippen LogP contribution in [0.2, 0.25) is 0 Å². The summed E-state index contributed by atoms with van der Waals surface area (Å²) in [5.74, 6) is -1.06. The number of carbonyl (C=O) groups is 1. The topological polar surface area (TPSA) is 77.9 Å². The van der Waals surface area contributed by atoms with Crippen molar-refractivity contribution in [3.8, 4) is 0 Å². The molecule has 0 atom stereocenters. The molecule has 2 rings (SSSR count). The number of aromatic carboxylic acids is 1. The van der Waals surface area contributed by atoms with Crippen LogP contribution in [0.15, 0.2) is 29.2 Å². The van der Waals surface area contributed by atoms with E-state index in [0.29, 0.717) is 19.1 Å². The highest BCUT2D eigenvalue weighted by atomic mass is 32.2. The second-order valence-electron chi connectivity index (χ2n) is 5.43. The highest BCUT2D eigenvalue weighted by Crippen LogP contribution is 2.22. The molecule has 0 saturated carbocycles. The largest absolute Gasteiger partial charge is 0.478 e. The Hall–Kier alpha value is -1.44. The van der Waals surface area contributed by atoms with Crippen molar-refractivity contribution in [2.75, 3.05) is 27.2 Å². The first-order valence-electron chi connectivity index (χ1n) is 6.82. The smallest absolute Gasteiger partial charge is 0.335 e. The number of rotatable bonds is 4. The molecule has 0 aliphatic carbocycles. The summed E-state index contributed by atoms with van der Waals surface area (Å²) in [5, 5.41) is 8.84. The lowest BCUT2D eigenvalue weighted by molar-refractivity contribution is 0.0696. The van der Waals surface area contributed by atoms with E-state index in [4.69, 9.17) is 5.11 Å². The van der Waals surface area contributed by atoms with Crippen LogP contribution in [0.25, 0.3) is 0 Å². The van der Waals surface area contributed by atoms with E-state index in [0.717, 1.165) is 12.8 Å². The number of hydrogen-bond donors (Lipinski definition) is 1. The molecule has 1 aromatic rings. The summed E-state index contributed by atoms with van der Waals surface area (Å²) in [6.45, 7) is 0.984. The fourth-order valence-corrected chi connectivity index (χ4v) is 3.99. The summed E-state index contributed by atoms with van der Waals surface area (Å²) >= 11 is 0. The number of hydrogen-bond acceptors (Lipinski definition) is 4. The van der Waals surface area contributed by atoms with Gasteiger partial charge in [0, 0.05) is 19.1 Å². The molecule has 6 nitrogen and oxygen atoms in total. The van der Waals surface area contributed by atoms with Crippen LogP contribution in [0.1, 0.15) is 23.2 Å². The maximum Gasteiger partial charge on any atom is 0.335 e. The lowest BCUT2D eigenvalue weighted by atomic mass is 10.1. The van der Waals surface area contributed by atoms with Crippen LogP contribution < -0.4 is 0 Å². The van der Waals surface area contributed by atoms with Gasteiger partial charge in [-0.15, -0.1) is 0 Å². The fourth-order valence-electron chi connectivity index (χ4n) is 2.52. The van der Waals surface area contributed by atoms with Gasteiger partial charge in [-0.3, -0.25) is 0 Å². The van der Waals surface area contributed by atoms with Gasteiger partial charge in [-0.05, 0) is 51.2 Å². The van der Waals surface area contributed by atoms with Crippen molar-refractivity contribution in [3.63, 3.8) is 0 Å². The summed E-state index contributed by atoms with van der Waals surface area (Å²) in [6.07, 6.45) is 1.61. The summed E-state index contributed by atoms with van der Waals surface area (Å²) < 4.78 is 26.5. The molecule has 1 heterocycles. The zero-order valence-electron chi connectivity index (χ0n) is 12.2. The molecule has 1 aliphatic rings. The predicted octanol–water partition coefficient (Wildman–Crippen LogP) is 1.10. The Kier molecular flexibility index (Phi) is 4.65. The van der Waals surface area contributed by atoms with E-state index in [1.165, 1.54) is 28.6 Å². The van der Waals surface area contributed by atoms with Crippen LogP contribution in [0.3, 0.4) is 0 Å². The maximum atomic E-state index is 12.5. The zero-order valence-corrected chi connectivity index (χ0v) is 13.0. The van der Waals surface area contributed by atoms with Gasteiger partial charge in [0.15, 0.2) is 0 Å². The summed E-state index contributed by atoms with van der Waals surface area (Å²) in [6, 6.07) is 5.77. The Morgan fingerprint density at radius 3 is 2.14 bits per heavy atom. The van der Waals surface area contributed by atoms with Gasteiger partial charge < -0.3 is 10.0 Å². The molecule has 116 valence electrons. The van der Waals surface area contributed by atoms with Crippen molar-refractivity contribution < 1.29 is 18.3 Å². The lowest BCUT2D eigenvalue weighted by Gasteiger charge is -2.34. The second kappa shape index (κ2) is 6.13. The number of carboxylic acid groups (broad SMARTS) is 1. The molecule has 0 unspecified atom stereocenters. The van der Waals surface area contributed by atoms with Crippen molar-refractivity contribution in [3.05, 3.63) is 29.8 Å². The first-order valence-corrected chi connectivity index (χ1v) is 8.26. The lowest BCUT2D eigenvalue weighted by Crippen LogP contribution is -2.44. The minimum atomic E-state index is -3.53. The van der Waals surface area contributed by atoms with Gasteiger partial charge in [-0.1, -0.05) is 0 Å². The molecular formula is C14H20N2O4S. The van der Waals surface area contributed by atoms with Crippen LogP contribution in [0.4, 0.5) is 0 Å². The molecular weight excluding hydrogens is 292 g/mol. The Bertz CT molecular complexity index is 602. The Labute approximate surface area is 125 Å². The highest BCUT2D eigenvalue weighted by Gasteiger charge is 2.30. The second-order valence-corrected chi connectivity index (χ2v) is 7.37. The Balaban J connectivity index is 2.13. The average molecular weight is 312 g/mol. The molecule has 0 aromatic heterocycles. The molecule has 21 heavy (non-hydrogen) atoms. The molecule has 0 radical (unpaired) electrons. The van der Waals surface area contributed by atoms with E-state index in [-0.39, 0.29) is 10.5 Å². The molecule has 1 N–H and O–H groups in total. The van der Waals surface area contributed by atoms with Gasteiger partial charge in [-0.25, -0.2) is 13.2 Å². The third kappa shape index (κ3) is 3.42. The first kappa shape index (κ1) is 15.9. The van der Waals surface area contributed by atoms with E-state index >= 15 is 0 Å². The van der Waals surface area contributed by atoms with E-state index in [1.54, 1.807) is 0 Å². The number of nitrogens with zero attached hydrogens (tertiary/aromatic N) is 2. The standard InChI is InChI=1S/C14H20N2O4S/c1-15(2)12-7-9-16(10-8-12)21(19,20)13-5-3-11(4-6-13)14(17)18/h3-6,12H,7-10H2,1-2H3,(H,17,18). The van der Waals surface area contributed by atoms with Crippen molar-refractivity contribution in [1.82, 2.24) is 9.21 Å². The molecule has 0 amide bonds. The van der Waals surface area contributed by atoms with Crippen molar-refractivity contribution >= 4 is 16.0 Å². The van der Waals surface area contributed by atoms with Gasteiger partial charge in [-0.2, -0.15) is 4.31 Å². The molecule has 0 spiro atoms. The highest BCUT2D eigenvalue weighted by molar-refractivity contribution is 7.89.